The van der Waals surface area contributed by atoms with E-state index in [1.54, 1.807) is 24.3 Å². The molecule has 0 spiro atoms. The summed E-state index contributed by atoms with van der Waals surface area (Å²) < 4.78 is 0. The predicted octanol–water partition coefficient (Wildman–Crippen LogP) is 5.75. The maximum Gasteiger partial charge on any atom is 0.266 e. The average Bonchev–Trinajstić information content (AvgIpc) is 3.25. The van der Waals surface area contributed by atoms with E-state index in [1.165, 1.54) is 4.90 Å². The zero-order valence-electron chi connectivity index (χ0n) is 22.2. The fourth-order valence-electron chi connectivity index (χ4n) is 5.98. The number of nitrogens with one attached hydrogen (secondary N) is 1. The third kappa shape index (κ3) is 3.54. The molecule has 37 heavy (non-hydrogen) atoms. The molecule has 4 amide bonds. The van der Waals surface area contributed by atoms with E-state index in [2.05, 4.69) is 26.1 Å². The van der Waals surface area contributed by atoms with Crippen molar-refractivity contribution in [1.82, 2.24) is 5.32 Å². The van der Waals surface area contributed by atoms with Crippen LogP contribution in [0.4, 0.5) is 5.69 Å². The van der Waals surface area contributed by atoms with Gasteiger partial charge >= 0.3 is 0 Å². The van der Waals surface area contributed by atoms with Crippen molar-refractivity contribution in [3.05, 3.63) is 98.1 Å². The Balaban J connectivity index is 1.58. The van der Waals surface area contributed by atoms with Crippen molar-refractivity contribution in [2.75, 3.05) is 4.90 Å². The Morgan fingerprint density at radius 3 is 1.86 bits per heavy atom. The molecule has 0 fully saturated rings. The summed E-state index contributed by atoms with van der Waals surface area (Å²) in [7, 11) is 0. The number of anilines is 1. The molecule has 0 saturated carbocycles. The van der Waals surface area contributed by atoms with Crippen LogP contribution < -0.4 is 10.2 Å². The van der Waals surface area contributed by atoms with E-state index >= 15 is 0 Å². The number of carbonyl (C=O) groups is 4. The van der Waals surface area contributed by atoms with Gasteiger partial charge < -0.3 is 0 Å². The van der Waals surface area contributed by atoms with Crippen molar-refractivity contribution in [2.24, 2.45) is 0 Å². The molecule has 0 radical (unpaired) electrons. The Morgan fingerprint density at radius 2 is 1.24 bits per heavy atom. The number of hydrogen-bond donors (Lipinski definition) is 1. The van der Waals surface area contributed by atoms with Crippen LogP contribution in [0.3, 0.4) is 0 Å². The fraction of sp³-hybridized carbons (Fsp3) is 0.290. The number of imide groups is 2. The topological polar surface area (TPSA) is 83.6 Å². The van der Waals surface area contributed by atoms with Crippen LogP contribution >= 0.6 is 0 Å². The highest BCUT2D eigenvalue weighted by atomic mass is 16.2. The first-order valence-electron chi connectivity index (χ1n) is 12.5. The van der Waals surface area contributed by atoms with Crippen LogP contribution in [-0.4, -0.2) is 23.6 Å². The number of nitrogens with zero attached hydrogens (tertiary/aromatic N) is 1. The van der Waals surface area contributed by atoms with Crippen LogP contribution in [0.1, 0.15) is 108 Å². The number of benzene rings is 3. The smallest absolute Gasteiger partial charge is 0.266 e. The first-order valence-corrected chi connectivity index (χ1v) is 12.5. The third-order valence-corrected chi connectivity index (χ3v) is 7.86. The molecule has 0 bridgehead atoms. The summed E-state index contributed by atoms with van der Waals surface area (Å²) in [6.07, 6.45) is 0. The Morgan fingerprint density at radius 1 is 0.703 bits per heavy atom. The average molecular weight is 495 g/mol. The molecular weight excluding hydrogens is 464 g/mol. The predicted molar refractivity (Wildman–Crippen MR) is 143 cm³/mol. The summed E-state index contributed by atoms with van der Waals surface area (Å²) in [6, 6.07) is 12.6. The lowest BCUT2D eigenvalue weighted by Crippen LogP contribution is -2.31. The molecule has 0 unspecified atom stereocenters. The summed E-state index contributed by atoms with van der Waals surface area (Å²) in [5, 5.41) is 2.32. The monoisotopic (exact) mass is 494 g/mol. The lowest BCUT2D eigenvalue weighted by atomic mass is 9.76. The quantitative estimate of drug-likeness (QED) is 0.469. The van der Waals surface area contributed by atoms with Gasteiger partial charge in [0.2, 0.25) is 0 Å². The highest BCUT2D eigenvalue weighted by Gasteiger charge is 2.40. The van der Waals surface area contributed by atoms with Gasteiger partial charge in [-0.25, -0.2) is 4.90 Å². The zero-order valence-corrected chi connectivity index (χ0v) is 22.2. The maximum atomic E-state index is 13.7. The molecule has 6 nitrogen and oxygen atoms in total. The van der Waals surface area contributed by atoms with Gasteiger partial charge in [0, 0.05) is 5.41 Å². The number of aryl methyl sites for hydroxylation is 2. The number of carbonyl (C=O) groups excluding carboxylic acids is 4. The Bertz CT molecular complexity index is 1560. The van der Waals surface area contributed by atoms with E-state index < -0.39 is 17.2 Å². The summed E-state index contributed by atoms with van der Waals surface area (Å²) in [4.78, 5) is 52.8. The minimum absolute atomic E-state index is 0.256. The van der Waals surface area contributed by atoms with Crippen molar-refractivity contribution in [1.29, 1.82) is 0 Å². The van der Waals surface area contributed by atoms with Crippen molar-refractivity contribution in [3.63, 3.8) is 0 Å². The first-order chi connectivity index (χ1) is 17.3. The molecule has 1 N–H and O–H groups in total. The van der Waals surface area contributed by atoms with Gasteiger partial charge in [-0.1, -0.05) is 45.9 Å². The van der Waals surface area contributed by atoms with E-state index in [0.29, 0.717) is 27.9 Å². The second-order valence-corrected chi connectivity index (χ2v) is 10.9. The second-order valence-electron chi connectivity index (χ2n) is 10.9. The molecule has 0 saturated heterocycles. The lowest BCUT2D eigenvalue weighted by molar-refractivity contribution is 0.0874. The summed E-state index contributed by atoms with van der Waals surface area (Å²) >= 11 is 0. The number of amides is 4. The van der Waals surface area contributed by atoms with E-state index in [-0.39, 0.29) is 17.7 Å². The fourth-order valence-corrected chi connectivity index (χ4v) is 5.98. The molecule has 0 aromatic heterocycles. The van der Waals surface area contributed by atoms with E-state index in [1.807, 2.05) is 45.9 Å². The van der Waals surface area contributed by atoms with Crippen molar-refractivity contribution < 1.29 is 19.2 Å². The van der Waals surface area contributed by atoms with Crippen molar-refractivity contribution in [3.8, 4) is 0 Å². The molecule has 2 heterocycles. The maximum absolute atomic E-state index is 13.7. The van der Waals surface area contributed by atoms with Gasteiger partial charge in [-0.05, 0) is 84.3 Å². The molecule has 0 atom stereocenters. The summed E-state index contributed by atoms with van der Waals surface area (Å²) in [5.41, 5.74) is 7.34. The zero-order chi connectivity index (χ0) is 27.0. The van der Waals surface area contributed by atoms with E-state index in [4.69, 9.17) is 0 Å². The van der Waals surface area contributed by atoms with Gasteiger partial charge in [-0.15, -0.1) is 0 Å². The molecule has 3 aromatic carbocycles. The minimum Gasteiger partial charge on any atom is -0.288 e. The molecule has 3 aromatic rings. The van der Waals surface area contributed by atoms with Crippen molar-refractivity contribution >= 4 is 29.3 Å². The third-order valence-electron chi connectivity index (χ3n) is 7.86. The number of hydrogen-bond acceptors (Lipinski definition) is 4. The number of fused-ring (bicyclic) bond motifs is 2. The van der Waals surface area contributed by atoms with Gasteiger partial charge in [-0.3, -0.25) is 24.5 Å². The normalized spacial score (nSPS) is 15.0. The van der Waals surface area contributed by atoms with Crippen molar-refractivity contribution in [2.45, 2.75) is 59.8 Å². The Kier molecular flexibility index (Phi) is 5.48. The SMILES string of the molecule is Cc1cc(C)c(N2C(=O)c3ccc(C(C)(C)c4ccc5c(c4)C(=O)NC5=O)cc3C2=O)c(C)c1C(C)C. The molecular formula is C31H30N2O4. The molecule has 0 aliphatic carbocycles. The highest BCUT2D eigenvalue weighted by molar-refractivity contribution is 6.35. The summed E-state index contributed by atoms with van der Waals surface area (Å²) in [6.45, 7) is 14.2. The standard InChI is InChI=1S/C31H30N2O4/c1-15(2)25-16(3)12-17(4)26(18(25)5)33-29(36)22-11-9-20(14-24(22)30(33)37)31(6,7)19-8-10-21-23(13-19)28(35)32-27(21)34/h8-15H,1-7H3,(H,32,34,35). The molecule has 6 heteroatoms. The van der Waals surface area contributed by atoms with Crippen LogP contribution in [0, 0.1) is 20.8 Å². The van der Waals surface area contributed by atoms with Gasteiger partial charge in [0.1, 0.15) is 0 Å². The van der Waals surface area contributed by atoms with Gasteiger partial charge in [-0.2, -0.15) is 0 Å². The van der Waals surface area contributed by atoms with Gasteiger partial charge in [0.05, 0.1) is 27.9 Å². The number of rotatable bonds is 4. The van der Waals surface area contributed by atoms with Crippen LogP contribution in [-0.2, 0) is 5.41 Å². The van der Waals surface area contributed by atoms with E-state index in [9.17, 15) is 19.2 Å². The Hall–Kier alpha value is -4.06. The van der Waals surface area contributed by atoms with Crippen LogP contribution in [0.15, 0.2) is 42.5 Å². The molecule has 188 valence electrons. The Labute approximate surface area is 216 Å². The van der Waals surface area contributed by atoms with Gasteiger partial charge in [0.15, 0.2) is 0 Å². The van der Waals surface area contributed by atoms with Gasteiger partial charge in [0.25, 0.3) is 23.6 Å². The highest BCUT2D eigenvalue weighted by Crippen LogP contribution is 2.40. The lowest BCUT2D eigenvalue weighted by Gasteiger charge is -2.27. The second kappa shape index (κ2) is 8.23. The van der Waals surface area contributed by atoms with Crippen LogP contribution in [0.25, 0.3) is 0 Å². The van der Waals surface area contributed by atoms with Crippen LogP contribution in [0.5, 0.6) is 0 Å². The van der Waals surface area contributed by atoms with Crippen LogP contribution in [0.2, 0.25) is 0 Å². The van der Waals surface area contributed by atoms with E-state index in [0.717, 1.165) is 33.4 Å². The molecule has 5 rings (SSSR count). The molecule has 2 aliphatic heterocycles. The first kappa shape index (κ1) is 24.6. The molecule has 2 aliphatic rings. The summed E-state index contributed by atoms with van der Waals surface area (Å²) in [5.74, 6) is -1.20. The minimum atomic E-state index is -0.590. The largest absolute Gasteiger partial charge is 0.288 e.